The number of benzene rings is 1. The molecule has 15 heavy (non-hydrogen) atoms. The second-order valence-electron chi connectivity index (χ2n) is 4.06. The summed E-state index contributed by atoms with van der Waals surface area (Å²) in [6.45, 7) is 0.565. The van der Waals surface area contributed by atoms with E-state index in [1.807, 2.05) is 30.1 Å². The van der Waals surface area contributed by atoms with Crippen molar-refractivity contribution < 1.29 is 4.79 Å². The smallest absolute Gasteiger partial charge is 0.223 e. The number of carbonyl (C=O) groups is 1. The van der Waals surface area contributed by atoms with Crippen LogP contribution in [0.15, 0.2) is 30.3 Å². The fourth-order valence-corrected chi connectivity index (χ4v) is 2.31. The quantitative estimate of drug-likeness (QED) is 0.786. The molecular formula is C12H16N2O. The first-order valence-electron chi connectivity index (χ1n) is 5.24. The van der Waals surface area contributed by atoms with E-state index in [0.717, 1.165) is 0 Å². The number of likely N-dealkylation sites (tertiary alicyclic amines) is 1. The van der Waals surface area contributed by atoms with E-state index in [9.17, 15) is 4.79 Å². The minimum absolute atomic E-state index is 0.156. The second kappa shape index (κ2) is 4.03. The van der Waals surface area contributed by atoms with Crippen LogP contribution >= 0.6 is 0 Å². The van der Waals surface area contributed by atoms with Gasteiger partial charge in [0.15, 0.2) is 0 Å². The predicted octanol–water partition coefficient (Wildman–Crippen LogP) is 1.16. The molecule has 3 nitrogen and oxygen atoms in total. The topological polar surface area (TPSA) is 46.3 Å². The average Bonchev–Trinajstić information content (AvgIpc) is 2.56. The van der Waals surface area contributed by atoms with Crippen molar-refractivity contribution in [2.75, 3.05) is 13.6 Å². The number of rotatable bonds is 2. The maximum Gasteiger partial charge on any atom is 0.223 e. The molecule has 0 radical (unpaired) electrons. The van der Waals surface area contributed by atoms with Gasteiger partial charge in [0.1, 0.15) is 0 Å². The number of nitrogens with two attached hydrogens (primary N) is 1. The Morgan fingerprint density at radius 2 is 2.07 bits per heavy atom. The Morgan fingerprint density at radius 1 is 1.40 bits per heavy atom. The lowest BCUT2D eigenvalue weighted by Crippen LogP contribution is -2.26. The van der Waals surface area contributed by atoms with Gasteiger partial charge in [0.2, 0.25) is 5.91 Å². The highest BCUT2D eigenvalue weighted by atomic mass is 16.2. The fourth-order valence-electron chi connectivity index (χ4n) is 2.31. The molecule has 0 spiro atoms. The third-order valence-corrected chi connectivity index (χ3v) is 3.14. The zero-order chi connectivity index (χ0) is 10.8. The molecule has 0 aliphatic carbocycles. The number of amides is 1. The van der Waals surface area contributed by atoms with E-state index >= 15 is 0 Å². The molecular weight excluding hydrogens is 188 g/mol. The average molecular weight is 204 g/mol. The first-order valence-corrected chi connectivity index (χ1v) is 5.24. The summed E-state index contributed by atoms with van der Waals surface area (Å²) in [5.41, 5.74) is 6.89. The van der Waals surface area contributed by atoms with Gasteiger partial charge in [-0.25, -0.2) is 0 Å². The molecule has 2 N–H and O–H groups in total. The van der Waals surface area contributed by atoms with Gasteiger partial charge in [-0.2, -0.15) is 0 Å². The summed E-state index contributed by atoms with van der Waals surface area (Å²) in [6.07, 6.45) is 0.576. The van der Waals surface area contributed by atoms with E-state index in [2.05, 4.69) is 12.1 Å². The summed E-state index contributed by atoms with van der Waals surface area (Å²) in [6, 6.07) is 10.3. The van der Waals surface area contributed by atoms with Gasteiger partial charge in [-0.15, -0.1) is 0 Å². The summed E-state index contributed by atoms with van der Waals surface area (Å²) in [4.78, 5) is 13.4. The van der Waals surface area contributed by atoms with E-state index in [1.165, 1.54) is 5.56 Å². The number of nitrogens with zero attached hydrogens (tertiary/aromatic N) is 1. The Labute approximate surface area is 89.9 Å². The second-order valence-corrected chi connectivity index (χ2v) is 4.06. The minimum Gasteiger partial charge on any atom is -0.338 e. The molecule has 0 saturated carbocycles. The SMILES string of the molecule is CN1C(=O)C[C@@H](CN)[C@H]1c1ccccc1. The Kier molecular flexibility index (Phi) is 2.73. The van der Waals surface area contributed by atoms with Gasteiger partial charge in [-0.1, -0.05) is 30.3 Å². The van der Waals surface area contributed by atoms with Gasteiger partial charge in [-0.05, 0) is 12.1 Å². The zero-order valence-corrected chi connectivity index (χ0v) is 8.89. The summed E-state index contributed by atoms with van der Waals surface area (Å²) in [5, 5.41) is 0. The summed E-state index contributed by atoms with van der Waals surface area (Å²) >= 11 is 0. The molecule has 80 valence electrons. The Bertz CT molecular complexity index is 350. The molecule has 0 aromatic heterocycles. The Morgan fingerprint density at radius 3 is 2.67 bits per heavy atom. The van der Waals surface area contributed by atoms with Crippen molar-refractivity contribution in [1.29, 1.82) is 0 Å². The molecule has 0 bridgehead atoms. The Balaban J connectivity index is 2.30. The van der Waals surface area contributed by atoms with E-state index in [-0.39, 0.29) is 17.9 Å². The molecule has 1 aromatic carbocycles. The van der Waals surface area contributed by atoms with E-state index < -0.39 is 0 Å². The molecule has 1 aliphatic rings. The molecule has 1 amide bonds. The van der Waals surface area contributed by atoms with Crippen molar-refractivity contribution in [3.63, 3.8) is 0 Å². The molecule has 2 rings (SSSR count). The first-order chi connectivity index (χ1) is 7.24. The van der Waals surface area contributed by atoms with Gasteiger partial charge in [-0.3, -0.25) is 4.79 Å². The van der Waals surface area contributed by atoms with Crippen LogP contribution in [-0.4, -0.2) is 24.4 Å². The van der Waals surface area contributed by atoms with Crippen LogP contribution in [0.1, 0.15) is 18.0 Å². The van der Waals surface area contributed by atoms with Crippen LogP contribution in [0.5, 0.6) is 0 Å². The third-order valence-electron chi connectivity index (χ3n) is 3.14. The van der Waals surface area contributed by atoms with Crippen LogP contribution in [0.3, 0.4) is 0 Å². The van der Waals surface area contributed by atoms with Gasteiger partial charge in [0, 0.05) is 19.4 Å². The summed E-state index contributed by atoms with van der Waals surface area (Å²) in [5.74, 6) is 0.448. The van der Waals surface area contributed by atoms with Crippen molar-refractivity contribution in [1.82, 2.24) is 4.90 Å². The van der Waals surface area contributed by atoms with Crippen LogP contribution in [0.25, 0.3) is 0 Å². The first kappa shape index (κ1) is 10.2. The van der Waals surface area contributed by atoms with Gasteiger partial charge < -0.3 is 10.6 Å². The third kappa shape index (κ3) is 1.75. The highest BCUT2D eigenvalue weighted by Gasteiger charge is 2.37. The molecule has 1 saturated heterocycles. The van der Waals surface area contributed by atoms with Crippen LogP contribution in [-0.2, 0) is 4.79 Å². The van der Waals surface area contributed by atoms with E-state index in [0.29, 0.717) is 13.0 Å². The molecule has 1 aromatic rings. The maximum atomic E-state index is 11.6. The van der Waals surface area contributed by atoms with Crippen LogP contribution in [0.2, 0.25) is 0 Å². The van der Waals surface area contributed by atoms with Crippen molar-refractivity contribution in [3.05, 3.63) is 35.9 Å². The largest absolute Gasteiger partial charge is 0.338 e. The van der Waals surface area contributed by atoms with Crippen molar-refractivity contribution in [2.45, 2.75) is 12.5 Å². The molecule has 1 heterocycles. The molecule has 2 atom stereocenters. The molecule has 1 aliphatic heterocycles. The summed E-state index contributed by atoms with van der Waals surface area (Å²) in [7, 11) is 1.86. The Hall–Kier alpha value is -1.35. The van der Waals surface area contributed by atoms with Crippen LogP contribution < -0.4 is 5.73 Å². The number of hydrogen-bond acceptors (Lipinski definition) is 2. The van der Waals surface area contributed by atoms with Crippen molar-refractivity contribution in [3.8, 4) is 0 Å². The normalized spacial score (nSPS) is 26.0. The van der Waals surface area contributed by atoms with Crippen molar-refractivity contribution >= 4 is 5.91 Å². The molecule has 3 heteroatoms. The van der Waals surface area contributed by atoms with Gasteiger partial charge >= 0.3 is 0 Å². The van der Waals surface area contributed by atoms with Crippen LogP contribution in [0.4, 0.5) is 0 Å². The molecule has 0 unspecified atom stereocenters. The van der Waals surface area contributed by atoms with Crippen molar-refractivity contribution in [2.24, 2.45) is 11.7 Å². The number of carbonyl (C=O) groups excluding carboxylic acids is 1. The zero-order valence-electron chi connectivity index (χ0n) is 8.89. The minimum atomic E-state index is 0.156. The predicted molar refractivity (Wildman–Crippen MR) is 59.1 cm³/mol. The monoisotopic (exact) mass is 204 g/mol. The van der Waals surface area contributed by atoms with E-state index in [1.54, 1.807) is 0 Å². The highest BCUT2D eigenvalue weighted by molar-refractivity contribution is 5.79. The fraction of sp³-hybridized carbons (Fsp3) is 0.417. The van der Waals surface area contributed by atoms with Gasteiger partial charge in [0.05, 0.1) is 6.04 Å². The lowest BCUT2D eigenvalue weighted by molar-refractivity contribution is -0.127. The molecule has 1 fully saturated rings. The van der Waals surface area contributed by atoms with Gasteiger partial charge in [0.25, 0.3) is 0 Å². The van der Waals surface area contributed by atoms with E-state index in [4.69, 9.17) is 5.73 Å². The maximum absolute atomic E-state index is 11.6. The lowest BCUT2D eigenvalue weighted by atomic mass is 9.94. The highest BCUT2D eigenvalue weighted by Crippen LogP contribution is 2.35. The lowest BCUT2D eigenvalue weighted by Gasteiger charge is -2.24. The summed E-state index contributed by atoms with van der Waals surface area (Å²) < 4.78 is 0. The standard InChI is InChI=1S/C12H16N2O/c1-14-11(15)7-10(8-13)12(14)9-5-3-2-4-6-9/h2-6,10,12H,7-8,13H2,1H3/t10-,12+/m0/s1. The van der Waals surface area contributed by atoms with Crippen LogP contribution in [0, 0.1) is 5.92 Å². The number of hydrogen-bond donors (Lipinski definition) is 1.